The third-order valence-corrected chi connectivity index (χ3v) is 2.83. The largest absolute Gasteiger partial charge is 0.502 e. The Bertz CT molecular complexity index is 300. The van der Waals surface area contributed by atoms with Gasteiger partial charge >= 0.3 is 6.09 Å². The smallest absolute Gasteiger partial charge is 0.410 e. The summed E-state index contributed by atoms with van der Waals surface area (Å²) in [6.07, 6.45) is 3.16. The molecule has 0 spiro atoms. The maximum atomic E-state index is 11.9. The Balaban J connectivity index is 2.18. The molecule has 110 valence electrons. The third-order valence-electron chi connectivity index (χ3n) is 2.83. The van der Waals surface area contributed by atoms with Crippen LogP contribution in [0.2, 0.25) is 0 Å². The highest BCUT2D eigenvalue weighted by molar-refractivity contribution is 5.68. The van der Waals surface area contributed by atoms with E-state index in [4.69, 9.17) is 9.47 Å². The molecule has 0 aromatic rings. The molecule has 19 heavy (non-hydrogen) atoms. The summed E-state index contributed by atoms with van der Waals surface area (Å²) in [5, 5.41) is 3.42. The first kappa shape index (κ1) is 15.8. The predicted molar refractivity (Wildman–Crippen MR) is 75.0 cm³/mol. The maximum Gasteiger partial charge on any atom is 0.410 e. The van der Waals surface area contributed by atoms with E-state index < -0.39 is 5.60 Å². The summed E-state index contributed by atoms with van der Waals surface area (Å²) in [5.74, 6) is 0. The van der Waals surface area contributed by atoms with Gasteiger partial charge in [-0.1, -0.05) is 6.58 Å². The number of nitrogens with zero attached hydrogens (tertiary/aromatic N) is 1. The molecule has 1 aliphatic rings. The van der Waals surface area contributed by atoms with Crippen LogP contribution in [0, 0.1) is 0 Å². The van der Waals surface area contributed by atoms with Crippen molar-refractivity contribution in [3.8, 4) is 0 Å². The summed E-state index contributed by atoms with van der Waals surface area (Å²) < 4.78 is 10.4. The standard InChI is InChI=1S/C14H26N2O3/c1-5-18-10-6-8-15-12-7-9-16(11-12)13(17)19-14(2,3)4/h5,12,15H,1,6-11H2,2-4H3. The second kappa shape index (κ2) is 7.38. The second-order valence-corrected chi connectivity index (χ2v) is 5.76. The Morgan fingerprint density at radius 2 is 2.26 bits per heavy atom. The average molecular weight is 270 g/mol. The van der Waals surface area contributed by atoms with Crippen LogP contribution in [-0.4, -0.2) is 48.9 Å². The van der Waals surface area contributed by atoms with Crippen LogP contribution in [0.4, 0.5) is 4.79 Å². The number of carbonyl (C=O) groups is 1. The van der Waals surface area contributed by atoms with Crippen molar-refractivity contribution in [2.75, 3.05) is 26.2 Å². The van der Waals surface area contributed by atoms with Crippen molar-refractivity contribution in [2.24, 2.45) is 0 Å². The van der Waals surface area contributed by atoms with Gasteiger partial charge in [-0.3, -0.25) is 0 Å². The van der Waals surface area contributed by atoms with Gasteiger partial charge in [-0.2, -0.15) is 0 Å². The minimum Gasteiger partial charge on any atom is -0.502 e. The number of rotatable bonds is 6. The van der Waals surface area contributed by atoms with Gasteiger partial charge < -0.3 is 19.7 Å². The fourth-order valence-corrected chi connectivity index (χ4v) is 1.96. The molecule has 1 fully saturated rings. The summed E-state index contributed by atoms with van der Waals surface area (Å²) >= 11 is 0. The molecule has 1 rings (SSSR count). The van der Waals surface area contributed by atoms with E-state index in [-0.39, 0.29) is 6.09 Å². The number of amides is 1. The van der Waals surface area contributed by atoms with Gasteiger partial charge in [0.1, 0.15) is 5.60 Å². The van der Waals surface area contributed by atoms with Crippen LogP contribution < -0.4 is 5.32 Å². The van der Waals surface area contributed by atoms with Crippen LogP contribution in [0.25, 0.3) is 0 Å². The van der Waals surface area contributed by atoms with Crippen molar-refractivity contribution >= 4 is 6.09 Å². The van der Waals surface area contributed by atoms with Gasteiger partial charge in [0.25, 0.3) is 0 Å². The lowest BCUT2D eigenvalue weighted by Gasteiger charge is -2.24. The van der Waals surface area contributed by atoms with Crippen molar-refractivity contribution in [2.45, 2.75) is 45.3 Å². The molecule has 5 heteroatoms. The lowest BCUT2D eigenvalue weighted by molar-refractivity contribution is 0.0291. The molecule has 1 atom stereocenters. The highest BCUT2D eigenvalue weighted by atomic mass is 16.6. The summed E-state index contributed by atoms with van der Waals surface area (Å²) in [6, 6.07) is 0.358. The van der Waals surface area contributed by atoms with Crippen LogP contribution in [-0.2, 0) is 9.47 Å². The van der Waals surface area contributed by atoms with Crippen LogP contribution in [0.1, 0.15) is 33.6 Å². The van der Waals surface area contributed by atoms with E-state index in [1.165, 1.54) is 6.26 Å². The van der Waals surface area contributed by atoms with Crippen LogP contribution in [0.5, 0.6) is 0 Å². The number of carbonyl (C=O) groups excluding carboxylic acids is 1. The SMILES string of the molecule is C=COCCCNC1CCN(C(=O)OC(C)(C)C)C1. The first-order chi connectivity index (χ1) is 8.92. The molecule has 0 aromatic heterocycles. The Labute approximate surface area is 115 Å². The molecule has 0 saturated carbocycles. The number of ether oxygens (including phenoxy) is 2. The maximum absolute atomic E-state index is 11.9. The Morgan fingerprint density at radius 3 is 2.89 bits per heavy atom. The molecule has 1 aliphatic heterocycles. The van der Waals surface area contributed by atoms with Gasteiger partial charge in [0, 0.05) is 19.1 Å². The third kappa shape index (κ3) is 6.47. The molecule has 1 unspecified atom stereocenters. The average Bonchev–Trinajstić information content (AvgIpc) is 2.75. The molecule has 0 bridgehead atoms. The van der Waals surface area contributed by atoms with E-state index in [1.807, 2.05) is 20.8 Å². The minimum absolute atomic E-state index is 0.216. The van der Waals surface area contributed by atoms with E-state index in [9.17, 15) is 4.79 Å². The molecule has 0 aromatic carbocycles. The van der Waals surface area contributed by atoms with E-state index in [0.717, 1.165) is 32.5 Å². The highest BCUT2D eigenvalue weighted by Gasteiger charge is 2.29. The molecule has 1 amide bonds. The molecule has 0 radical (unpaired) electrons. The van der Waals surface area contributed by atoms with Crippen LogP contribution in [0.3, 0.4) is 0 Å². The first-order valence-corrected chi connectivity index (χ1v) is 6.86. The van der Waals surface area contributed by atoms with Gasteiger partial charge in [-0.05, 0) is 40.2 Å². The van der Waals surface area contributed by atoms with E-state index >= 15 is 0 Å². The van der Waals surface area contributed by atoms with E-state index in [1.54, 1.807) is 4.90 Å². The van der Waals surface area contributed by atoms with Gasteiger partial charge in [0.15, 0.2) is 0 Å². The lowest BCUT2D eigenvalue weighted by Crippen LogP contribution is -2.38. The van der Waals surface area contributed by atoms with Crippen molar-refractivity contribution < 1.29 is 14.3 Å². The first-order valence-electron chi connectivity index (χ1n) is 6.86. The zero-order valence-electron chi connectivity index (χ0n) is 12.3. The highest BCUT2D eigenvalue weighted by Crippen LogP contribution is 2.15. The summed E-state index contributed by atoms with van der Waals surface area (Å²) in [6.45, 7) is 12.2. The zero-order chi connectivity index (χ0) is 14.3. The molecular weight excluding hydrogens is 244 g/mol. The van der Waals surface area contributed by atoms with Crippen molar-refractivity contribution in [3.05, 3.63) is 12.8 Å². The quantitative estimate of drug-likeness (QED) is 0.593. The van der Waals surface area contributed by atoms with Crippen LogP contribution >= 0.6 is 0 Å². The van der Waals surface area contributed by atoms with Gasteiger partial charge in [0.05, 0.1) is 12.9 Å². The van der Waals surface area contributed by atoms with Gasteiger partial charge in [0.2, 0.25) is 0 Å². The van der Waals surface area contributed by atoms with Gasteiger partial charge in [-0.15, -0.1) is 0 Å². The van der Waals surface area contributed by atoms with Gasteiger partial charge in [-0.25, -0.2) is 4.79 Å². The topological polar surface area (TPSA) is 50.8 Å². The number of hydrogen-bond donors (Lipinski definition) is 1. The van der Waals surface area contributed by atoms with E-state index in [0.29, 0.717) is 12.6 Å². The second-order valence-electron chi connectivity index (χ2n) is 5.76. The monoisotopic (exact) mass is 270 g/mol. The molecule has 1 saturated heterocycles. The van der Waals surface area contributed by atoms with Crippen molar-refractivity contribution in [3.63, 3.8) is 0 Å². The lowest BCUT2D eigenvalue weighted by atomic mass is 10.2. The molecule has 5 nitrogen and oxygen atoms in total. The van der Waals surface area contributed by atoms with Crippen molar-refractivity contribution in [1.82, 2.24) is 10.2 Å². The minimum atomic E-state index is -0.426. The number of hydrogen-bond acceptors (Lipinski definition) is 4. The molecule has 1 N–H and O–H groups in total. The molecular formula is C14H26N2O3. The summed E-state index contributed by atoms with van der Waals surface area (Å²) in [4.78, 5) is 13.6. The van der Waals surface area contributed by atoms with E-state index in [2.05, 4.69) is 11.9 Å². The van der Waals surface area contributed by atoms with Crippen molar-refractivity contribution in [1.29, 1.82) is 0 Å². The Hall–Kier alpha value is -1.23. The number of likely N-dealkylation sites (tertiary alicyclic amines) is 1. The summed E-state index contributed by atoms with van der Waals surface area (Å²) in [7, 11) is 0. The Kier molecular flexibility index (Phi) is 6.15. The fraction of sp³-hybridized carbons (Fsp3) is 0.786. The summed E-state index contributed by atoms with van der Waals surface area (Å²) in [5.41, 5.74) is -0.426. The molecule has 1 heterocycles. The van der Waals surface area contributed by atoms with Crippen LogP contribution in [0.15, 0.2) is 12.8 Å². The predicted octanol–water partition coefficient (Wildman–Crippen LogP) is 2.14. The normalized spacial score (nSPS) is 19.3. The molecule has 0 aliphatic carbocycles. The number of nitrogens with one attached hydrogen (secondary N) is 1. The Morgan fingerprint density at radius 1 is 1.53 bits per heavy atom. The zero-order valence-corrected chi connectivity index (χ0v) is 12.3. The fourth-order valence-electron chi connectivity index (χ4n) is 1.96.